The van der Waals surface area contributed by atoms with Crippen molar-refractivity contribution in [2.45, 2.75) is 32.0 Å². The third-order valence-corrected chi connectivity index (χ3v) is 5.19. The van der Waals surface area contributed by atoms with Crippen molar-refractivity contribution < 1.29 is 4.39 Å². The average molecular weight is 380 g/mol. The summed E-state index contributed by atoms with van der Waals surface area (Å²) in [6, 6.07) is 16.6. The summed E-state index contributed by atoms with van der Waals surface area (Å²) in [6.45, 7) is 4.31. The summed E-state index contributed by atoms with van der Waals surface area (Å²) in [7, 11) is 0. The lowest BCUT2D eigenvalue weighted by atomic mass is 10.0. The molecule has 3 heterocycles. The standard InChI is InChI=1S/C21H21FN4S/c1-14(2)25-13-5-7-18(25)20-19(17-6-3-4-12-23-17)24-21(27)26(20)16-10-8-15(22)9-11-16/h3-14,19-20H,1-2H3,(H,24,27)/t19-,20-/m0/s1. The first-order valence-corrected chi connectivity index (χ1v) is 9.40. The number of pyridine rings is 1. The number of halogens is 1. The average Bonchev–Trinajstić information content (AvgIpc) is 3.27. The quantitative estimate of drug-likeness (QED) is 0.661. The van der Waals surface area contributed by atoms with Gasteiger partial charge in [0.2, 0.25) is 0 Å². The summed E-state index contributed by atoms with van der Waals surface area (Å²) < 4.78 is 15.7. The second-order valence-electron chi connectivity index (χ2n) is 6.91. The zero-order valence-corrected chi connectivity index (χ0v) is 16.0. The molecular formula is C21H21FN4S. The summed E-state index contributed by atoms with van der Waals surface area (Å²) in [6.07, 6.45) is 3.87. The van der Waals surface area contributed by atoms with Crippen LogP contribution in [0.1, 0.15) is 43.4 Å². The summed E-state index contributed by atoms with van der Waals surface area (Å²) in [5.74, 6) is -0.264. The van der Waals surface area contributed by atoms with Gasteiger partial charge < -0.3 is 14.8 Å². The molecule has 2 aromatic heterocycles. The predicted octanol–water partition coefficient (Wildman–Crippen LogP) is 4.78. The Kier molecular flexibility index (Phi) is 4.66. The molecule has 0 radical (unpaired) electrons. The van der Waals surface area contributed by atoms with E-state index in [1.54, 1.807) is 18.3 Å². The van der Waals surface area contributed by atoms with Crippen LogP contribution in [0.4, 0.5) is 10.1 Å². The Morgan fingerprint density at radius 3 is 2.52 bits per heavy atom. The van der Waals surface area contributed by atoms with Crippen molar-refractivity contribution in [3.05, 3.63) is 84.2 Å². The van der Waals surface area contributed by atoms with E-state index in [1.165, 1.54) is 12.1 Å². The molecule has 27 heavy (non-hydrogen) atoms. The third kappa shape index (κ3) is 3.21. The van der Waals surface area contributed by atoms with Gasteiger partial charge in [-0.15, -0.1) is 0 Å². The smallest absolute Gasteiger partial charge is 0.174 e. The van der Waals surface area contributed by atoms with Crippen LogP contribution in [0.25, 0.3) is 0 Å². The van der Waals surface area contributed by atoms with Gasteiger partial charge in [0.05, 0.1) is 11.7 Å². The normalized spacial score (nSPS) is 19.6. The van der Waals surface area contributed by atoms with Crippen molar-refractivity contribution in [2.24, 2.45) is 0 Å². The maximum Gasteiger partial charge on any atom is 0.174 e. The van der Waals surface area contributed by atoms with E-state index in [-0.39, 0.29) is 17.9 Å². The maximum atomic E-state index is 13.5. The van der Waals surface area contributed by atoms with Crippen molar-refractivity contribution in [3.8, 4) is 0 Å². The fourth-order valence-corrected chi connectivity index (χ4v) is 4.01. The van der Waals surface area contributed by atoms with Crippen LogP contribution >= 0.6 is 12.2 Å². The Labute approximate surface area is 163 Å². The first-order chi connectivity index (χ1) is 13.1. The first kappa shape index (κ1) is 17.7. The van der Waals surface area contributed by atoms with Crippen molar-refractivity contribution in [2.75, 3.05) is 4.90 Å². The molecule has 138 valence electrons. The lowest BCUT2D eigenvalue weighted by molar-refractivity contribution is 0.497. The van der Waals surface area contributed by atoms with Gasteiger partial charge in [0.25, 0.3) is 0 Å². The molecule has 0 unspecified atom stereocenters. The number of anilines is 1. The molecule has 1 fully saturated rings. The zero-order valence-electron chi connectivity index (χ0n) is 15.2. The Hall–Kier alpha value is -2.73. The molecule has 1 aliphatic heterocycles. The topological polar surface area (TPSA) is 33.1 Å². The number of benzene rings is 1. The summed E-state index contributed by atoms with van der Waals surface area (Å²) in [5, 5.41) is 4.04. The molecule has 3 aromatic rings. The Morgan fingerprint density at radius 1 is 1.07 bits per heavy atom. The van der Waals surface area contributed by atoms with E-state index in [1.807, 2.05) is 18.2 Å². The predicted molar refractivity (Wildman–Crippen MR) is 109 cm³/mol. The maximum absolute atomic E-state index is 13.5. The molecule has 4 rings (SSSR count). The number of nitrogens with zero attached hydrogens (tertiary/aromatic N) is 3. The molecule has 0 amide bonds. The van der Waals surface area contributed by atoms with Crippen LogP contribution in [0.15, 0.2) is 67.0 Å². The molecule has 0 spiro atoms. The van der Waals surface area contributed by atoms with Gasteiger partial charge in [-0.25, -0.2) is 4.39 Å². The van der Waals surface area contributed by atoms with Crippen LogP contribution in [-0.2, 0) is 0 Å². The van der Waals surface area contributed by atoms with E-state index >= 15 is 0 Å². The van der Waals surface area contributed by atoms with Crippen LogP contribution in [0.5, 0.6) is 0 Å². The van der Waals surface area contributed by atoms with Crippen molar-refractivity contribution >= 4 is 23.0 Å². The second-order valence-corrected chi connectivity index (χ2v) is 7.29. The highest BCUT2D eigenvalue weighted by Crippen LogP contribution is 2.42. The molecule has 4 nitrogen and oxygen atoms in total. The lowest BCUT2D eigenvalue weighted by Gasteiger charge is -2.29. The molecular weight excluding hydrogens is 359 g/mol. The lowest BCUT2D eigenvalue weighted by Crippen LogP contribution is -2.30. The number of nitrogens with one attached hydrogen (secondary N) is 1. The van der Waals surface area contributed by atoms with Gasteiger partial charge in [-0.3, -0.25) is 4.98 Å². The van der Waals surface area contributed by atoms with Gasteiger partial charge in [0.1, 0.15) is 11.9 Å². The SMILES string of the molecule is CC(C)n1cccc1[C@H]1[C@H](c2ccccn2)NC(=S)N1c1ccc(F)cc1. The van der Waals surface area contributed by atoms with E-state index in [9.17, 15) is 4.39 Å². The second kappa shape index (κ2) is 7.12. The molecule has 0 bridgehead atoms. The molecule has 1 aromatic carbocycles. The van der Waals surface area contributed by atoms with E-state index in [0.717, 1.165) is 17.1 Å². The summed E-state index contributed by atoms with van der Waals surface area (Å²) in [4.78, 5) is 6.61. The van der Waals surface area contributed by atoms with Gasteiger partial charge in [-0.1, -0.05) is 6.07 Å². The number of thiocarbonyl (C=S) groups is 1. The molecule has 0 aliphatic carbocycles. The number of hydrogen-bond acceptors (Lipinski definition) is 2. The van der Waals surface area contributed by atoms with Crippen LogP contribution in [0.2, 0.25) is 0 Å². The van der Waals surface area contributed by atoms with Crippen LogP contribution in [0.3, 0.4) is 0 Å². The van der Waals surface area contributed by atoms with E-state index < -0.39 is 0 Å². The van der Waals surface area contributed by atoms with Crippen LogP contribution in [0, 0.1) is 5.82 Å². The van der Waals surface area contributed by atoms with E-state index in [4.69, 9.17) is 12.2 Å². The highest BCUT2D eigenvalue weighted by Gasteiger charge is 2.42. The van der Waals surface area contributed by atoms with Crippen molar-refractivity contribution in [3.63, 3.8) is 0 Å². The van der Waals surface area contributed by atoms with Crippen LogP contribution < -0.4 is 10.2 Å². The molecule has 1 aliphatic rings. The summed E-state index contributed by atoms with van der Waals surface area (Å²) >= 11 is 5.68. The molecule has 1 N–H and O–H groups in total. The molecule has 2 atom stereocenters. The minimum absolute atomic E-state index is 0.0877. The largest absolute Gasteiger partial charge is 0.351 e. The summed E-state index contributed by atoms with van der Waals surface area (Å²) in [5.41, 5.74) is 2.91. The van der Waals surface area contributed by atoms with Gasteiger partial charge >= 0.3 is 0 Å². The first-order valence-electron chi connectivity index (χ1n) is 8.99. The Bertz CT molecular complexity index is 936. The zero-order chi connectivity index (χ0) is 19.0. The van der Waals surface area contributed by atoms with Gasteiger partial charge in [0.15, 0.2) is 5.11 Å². The van der Waals surface area contributed by atoms with Gasteiger partial charge in [-0.05, 0) is 74.6 Å². The van der Waals surface area contributed by atoms with Crippen LogP contribution in [-0.4, -0.2) is 14.7 Å². The number of rotatable bonds is 4. The van der Waals surface area contributed by atoms with Crippen molar-refractivity contribution in [1.29, 1.82) is 0 Å². The minimum atomic E-state index is -0.264. The van der Waals surface area contributed by atoms with Gasteiger partial charge in [-0.2, -0.15) is 0 Å². The molecule has 6 heteroatoms. The monoisotopic (exact) mass is 380 g/mol. The number of aromatic nitrogens is 2. The van der Waals surface area contributed by atoms with Crippen molar-refractivity contribution in [1.82, 2.24) is 14.9 Å². The number of hydrogen-bond donors (Lipinski definition) is 1. The minimum Gasteiger partial charge on any atom is -0.351 e. The Balaban J connectivity index is 1.85. The molecule has 1 saturated heterocycles. The fourth-order valence-electron chi connectivity index (χ4n) is 3.66. The highest BCUT2D eigenvalue weighted by atomic mass is 32.1. The highest BCUT2D eigenvalue weighted by molar-refractivity contribution is 7.80. The van der Waals surface area contributed by atoms with Gasteiger partial charge in [0, 0.05) is 29.8 Å². The molecule has 0 saturated carbocycles. The fraction of sp³-hybridized carbons (Fsp3) is 0.238. The Morgan fingerprint density at radius 2 is 1.85 bits per heavy atom. The van der Waals surface area contributed by atoms with E-state index in [0.29, 0.717) is 11.2 Å². The van der Waals surface area contributed by atoms with E-state index in [2.05, 4.69) is 51.9 Å². The third-order valence-electron chi connectivity index (χ3n) is 4.87.